The van der Waals surface area contributed by atoms with Gasteiger partial charge in [0.25, 0.3) is 5.91 Å². The Kier molecular flexibility index (Phi) is 31.0. The van der Waals surface area contributed by atoms with Crippen molar-refractivity contribution in [1.82, 2.24) is 94.3 Å². The van der Waals surface area contributed by atoms with Crippen molar-refractivity contribution < 1.29 is 33.6 Å². The molecule has 3 aromatic carbocycles. The Hall–Kier alpha value is -11.8. The van der Waals surface area contributed by atoms with Gasteiger partial charge in [-0.1, -0.05) is 36.4 Å². The second-order valence-electron chi connectivity index (χ2n) is 22.6. The Morgan fingerprint density at radius 1 is 0.433 bits per heavy atom. The van der Waals surface area contributed by atoms with Gasteiger partial charge < -0.3 is 108 Å². The molecule has 37 heteroatoms. The van der Waals surface area contributed by atoms with Crippen molar-refractivity contribution in [3.8, 4) is 22.5 Å². The van der Waals surface area contributed by atoms with Crippen LogP contribution in [0.1, 0.15) is 93.0 Å². The van der Waals surface area contributed by atoms with Crippen LogP contribution < -0.4 is 104 Å². The van der Waals surface area contributed by atoms with Gasteiger partial charge in [-0.3, -0.25) is 66.0 Å². The van der Waals surface area contributed by atoms with Crippen molar-refractivity contribution >= 4 is 88.0 Å². The number of likely N-dealkylation sites (N-methyl/N-ethyl adjacent to an activating group) is 1. The summed E-state index contributed by atoms with van der Waals surface area (Å²) in [4.78, 5) is 99.6. The van der Waals surface area contributed by atoms with Gasteiger partial charge in [-0.25, -0.2) is 0 Å². The van der Waals surface area contributed by atoms with E-state index >= 15 is 0 Å². The first-order valence-corrected chi connectivity index (χ1v) is 31.4. The largest absolute Gasteiger partial charge is 0.370 e. The van der Waals surface area contributed by atoms with Gasteiger partial charge in [-0.2, -0.15) is 5.21 Å². The van der Waals surface area contributed by atoms with Crippen LogP contribution in [0.2, 0.25) is 0 Å². The van der Waals surface area contributed by atoms with E-state index in [1.165, 1.54) is 7.05 Å². The molecule has 0 unspecified atom stereocenters. The first-order valence-electron chi connectivity index (χ1n) is 31.4. The maximum Gasteiger partial charge on any atom is 0.251 e. The number of benzene rings is 3. The number of carbonyl (C=O) groups excluding carboxylic acids is 7. The zero-order chi connectivity index (χ0) is 70.8. The smallest absolute Gasteiger partial charge is 0.251 e. The number of amides is 7. The molecule has 0 saturated heterocycles. The second-order valence-corrected chi connectivity index (χ2v) is 22.6. The standard InChI is InChI=1S/C60H92N30O7/c1-73-49(92)40(8-2-25-74-55(61)62)81-51(94)42(10-4-27-76-57(65)66)83-53(96)44(12-6-29-78-59(69)70)85-54(97)45(13-7-30-79-60(71)72)84-52(95)43(11-5-28-77-58(67)68)82-50(93)41(9-3-26-75-56(63)64)80-48(91)37-20-18-36(19-21-37)35-16-14-34(15-17-35)33-90-31-24-38-32-39(22-23-46(38)90)47-86-88-89-87-47/h14-24,31-32,40-45H,2-13,25-30,33H2,1H3,(H,73,92)(H,80,91)(H,81,94)(H,82,93)(H,83,96)(H,84,95)(H,85,97)(H4,61,62,74)(H4,63,64,75)(H4,65,66,76)(H4,67,68,77)(H4,69,70,78)(H4,71,72,79)(H,86,87,88,89)/t40-,41-,42-,43-,44-,45-/m0/s1. The molecule has 97 heavy (non-hydrogen) atoms. The molecule has 32 N–H and O–H groups in total. The highest BCUT2D eigenvalue weighted by Gasteiger charge is 2.34. The van der Waals surface area contributed by atoms with Crippen LogP contribution in [0.5, 0.6) is 0 Å². The Balaban J connectivity index is 1.36. The van der Waals surface area contributed by atoms with Gasteiger partial charge in [0.15, 0.2) is 35.8 Å². The summed E-state index contributed by atoms with van der Waals surface area (Å²) in [5, 5.41) is 95.6. The first kappa shape index (κ1) is 75.9. The molecule has 7 amide bonds. The highest BCUT2D eigenvalue weighted by Crippen LogP contribution is 2.25. The van der Waals surface area contributed by atoms with Crippen LogP contribution in [-0.2, 0) is 35.3 Å². The van der Waals surface area contributed by atoms with E-state index in [0.717, 1.165) is 33.2 Å². The normalized spacial score (nSPS) is 12.7. The number of aromatic nitrogens is 5. The number of hydrogen-bond donors (Lipinski definition) is 26. The van der Waals surface area contributed by atoms with Crippen molar-refractivity contribution in [2.24, 2.45) is 34.4 Å². The van der Waals surface area contributed by atoms with Crippen molar-refractivity contribution in [2.45, 2.75) is 120 Å². The number of rotatable bonds is 41. The number of tetrazole rings is 1. The maximum atomic E-state index is 14.7. The second kappa shape index (κ2) is 39.7. The fourth-order valence-corrected chi connectivity index (χ4v) is 10.1. The monoisotopic (exact) mass is 1340 g/mol. The van der Waals surface area contributed by atoms with E-state index in [1.54, 1.807) is 24.3 Å². The summed E-state index contributed by atoms with van der Waals surface area (Å²) in [5.74, 6) is -6.93. The minimum absolute atomic E-state index is 0.00536. The summed E-state index contributed by atoms with van der Waals surface area (Å²) in [5.41, 5.74) is 37.9. The summed E-state index contributed by atoms with van der Waals surface area (Å²) < 4.78 is 2.14. The van der Waals surface area contributed by atoms with E-state index < -0.39 is 77.6 Å². The number of nitrogens with two attached hydrogens (primary N) is 6. The predicted octanol–water partition coefficient (Wildman–Crippen LogP) is -3.62. The molecule has 2 heterocycles. The van der Waals surface area contributed by atoms with Crippen LogP contribution in [0, 0.1) is 32.5 Å². The zero-order valence-corrected chi connectivity index (χ0v) is 54.0. The molecule has 37 nitrogen and oxygen atoms in total. The molecular formula is C60H92N30O7. The number of aromatic amines is 1. The van der Waals surface area contributed by atoms with Crippen LogP contribution in [-0.4, -0.2) is 185 Å². The molecule has 0 fully saturated rings. The first-order chi connectivity index (χ1) is 46.4. The third-order valence-electron chi connectivity index (χ3n) is 15.1. The third kappa shape index (κ3) is 27.0. The molecule has 5 aromatic rings. The van der Waals surface area contributed by atoms with Crippen LogP contribution in [0.25, 0.3) is 33.4 Å². The SMILES string of the molecule is CNC(=O)[C@H](CCCNC(=N)N)NC(=O)[C@H](CCCNC(=N)N)NC(=O)[C@H](CCCNC(=N)N)NC(=O)[C@H](CCCNC(=N)N)NC(=O)[C@H](CCCNC(=N)N)NC(=O)[C@H](CCCNC(=N)N)NC(=O)c1ccc(-c2ccc(Cn3ccc4cc(-c5nn[nH]n5)ccc43)cc2)cc1. The Labute approximate surface area is 559 Å². The third-order valence-corrected chi connectivity index (χ3v) is 15.1. The fourth-order valence-electron chi connectivity index (χ4n) is 10.1. The molecular weight excluding hydrogens is 1250 g/mol. The minimum Gasteiger partial charge on any atom is -0.370 e. The van der Waals surface area contributed by atoms with Crippen LogP contribution in [0.15, 0.2) is 79.0 Å². The number of carbonyl (C=O) groups is 7. The number of guanidine groups is 6. The van der Waals surface area contributed by atoms with E-state index in [1.807, 2.05) is 54.7 Å². The Morgan fingerprint density at radius 3 is 1.09 bits per heavy atom. The van der Waals surface area contributed by atoms with Crippen molar-refractivity contribution in [3.63, 3.8) is 0 Å². The van der Waals surface area contributed by atoms with Gasteiger partial charge in [-0.05, 0) is 135 Å². The molecule has 0 aliphatic heterocycles. The van der Waals surface area contributed by atoms with E-state index in [-0.39, 0.29) is 151 Å². The molecule has 2 aromatic heterocycles. The molecule has 0 radical (unpaired) electrons. The zero-order valence-electron chi connectivity index (χ0n) is 54.0. The maximum absolute atomic E-state index is 14.7. The van der Waals surface area contributed by atoms with E-state index in [4.69, 9.17) is 66.9 Å². The number of H-pyrrole nitrogens is 1. The predicted molar refractivity (Wildman–Crippen MR) is 366 cm³/mol. The summed E-state index contributed by atoms with van der Waals surface area (Å²) in [6.45, 7) is 1.27. The minimum atomic E-state index is -1.46. The summed E-state index contributed by atoms with van der Waals surface area (Å²) in [6, 6.07) is 14.7. The van der Waals surface area contributed by atoms with E-state index in [0.29, 0.717) is 18.8 Å². The molecule has 0 bridgehead atoms. The number of nitrogens with zero attached hydrogens (tertiary/aromatic N) is 4. The lowest BCUT2D eigenvalue weighted by Crippen LogP contribution is -2.60. The molecule has 0 aliphatic carbocycles. The molecule has 0 aliphatic rings. The molecule has 0 saturated carbocycles. The topological polar surface area (TPSA) is 634 Å². The average Bonchev–Trinajstić information content (AvgIpc) is 1.69. The highest BCUT2D eigenvalue weighted by molar-refractivity contribution is 6.00. The van der Waals surface area contributed by atoms with Gasteiger partial charge >= 0.3 is 0 Å². The van der Waals surface area contributed by atoms with Crippen molar-refractivity contribution in [2.75, 3.05) is 46.3 Å². The van der Waals surface area contributed by atoms with Gasteiger partial charge in [0.05, 0.1) is 0 Å². The average molecular weight is 1350 g/mol. The molecule has 524 valence electrons. The Bertz CT molecular complexity index is 3490. The highest BCUT2D eigenvalue weighted by atomic mass is 16.2. The molecule has 5 rings (SSSR count). The van der Waals surface area contributed by atoms with E-state index in [9.17, 15) is 33.6 Å². The lowest BCUT2D eigenvalue weighted by Gasteiger charge is -2.28. The lowest BCUT2D eigenvalue weighted by molar-refractivity contribution is -0.135. The van der Waals surface area contributed by atoms with E-state index in [2.05, 4.69) is 94.3 Å². The van der Waals surface area contributed by atoms with Gasteiger partial charge in [0.1, 0.15) is 36.3 Å². The lowest BCUT2D eigenvalue weighted by atomic mass is 10.0. The van der Waals surface area contributed by atoms with Crippen LogP contribution >= 0.6 is 0 Å². The molecule has 6 atom stereocenters. The van der Waals surface area contributed by atoms with Crippen molar-refractivity contribution in [3.05, 3.63) is 90.1 Å². The van der Waals surface area contributed by atoms with Gasteiger partial charge in [0, 0.05) is 81.1 Å². The van der Waals surface area contributed by atoms with Crippen LogP contribution in [0.4, 0.5) is 0 Å². The van der Waals surface area contributed by atoms with Gasteiger partial charge in [0.2, 0.25) is 41.3 Å². The number of fused-ring (bicyclic) bond motifs is 1. The van der Waals surface area contributed by atoms with Crippen molar-refractivity contribution in [1.29, 1.82) is 32.5 Å². The van der Waals surface area contributed by atoms with Gasteiger partial charge in [-0.15, -0.1) is 10.2 Å². The summed E-state index contributed by atoms with van der Waals surface area (Å²) >= 11 is 0. The van der Waals surface area contributed by atoms with Crippen LogP contribution in [0.3, 0.4) is 0 Å². The number of hydrogen-bond acceptors (Lipinski definition) is 16. The summed E-state index contributed by atoms with van der Waals surface area (Å²) in [7, 11) is 1.38. The Morgan fingerprint density at radius 2 is 0.763 bits per heavy atom. The number of nitrogens with one attached hydrogen (secondary N) is 20. The molecule has 0 spiro atoms. The fraction of sp³-hybridized carbons (Fsp3) is 0.433. The quantitative estimate of drug-likeness (QED) is 0.0102. The summed E-state index contributed by atoms with van der Waals surface area (Å²) in [6.07, 6.45) is 2.75.